The summed E-state index contributed by atoms with van der Waals surface area (Å²) in [5.74, 6) is 0.279. The van der Waals surface area contributed by atoms with Gasteiger partial charge in [0.15, 0.2) is 0 Å². The highest BCUT2D eigenvalue weighted by Gasteiger charge is 2.16. The van der Waals surface area contributed by atoms with Crippen molar-refractivity contribution in [2.24, 2.45) is 0 Å². The Balaban J connectivity index is 4.29. The average Bonchev–Trinajstić information content (AvgIpc) is 2.36. The summed E-state index contributed by atoms with van der Waals surface area (Å²) in [5, 5.41) is 3.32. The van der Waals surface area contributed by atoms with Crippen molar-refractivity contribution < 1.29 is 4.79 Å². The Kier molecular flexibility index (Phi) is 11.6. The Morgan fingerprint density at radius 1 is 0.952 bits per heavy atom. The molecule has 0 saturated heterocycles. The Bertz CT molecular complexity index is 255. The summed E-state index contributed by atoms with van der Waals surface area (Å²) < 4.78 is 0. The molecule has 0 aromatic rings. The van der Waals surface area contributed by atoms with Crippen LogP contribution >= 0.6 is 0 Å². The third-order valence-electron chi connectivity index (χ3n) is 3.45. The summed E-state index contributed by atoms with van der Waals surface area (Å²) >= 11 is 0. The molecule has 0 aromatic heterocycles. The van der Waals surface area contributed by atoms with E-state index < -0.39 is 0 Å². The van der Waals surface area contributed by atoms with E-state index in [-0.39, 0.29) is 11.9 Å². The van der Waals surface area contributed by atoms with Gasteiger partial charge in [-0.15, -0.1) is 0 Å². The van der Waals surface area contributed by atoms with Gasteiger partial charge in [-0.3, -0.25) is 4.79 Å². The van der Waals surface area contributed by atoms with Gasteiger partial charge in [-0.2, -0.15) is 0 Å². The molecule has 0 heterocycles. The Morgan fingerprint density at radius 2 is 1.43 bits per heavy atom. The molecule has 126 valence electrons. The minimum atomic E-state index is 0.257. The zero-order chi connectivity index (χ0) is 16.3. The molecule has 0 aromatic carbocycles. The average molecular weight is 300 g/mol. The van der Waals surface area contributed by atoms with Crippen LogP contribution in [-0.2, 0) is 4.79 Å². The highest BCUT2D eigenvalue weighted by atomic mass is 16.2. The minimum Gasteiger partial charge on any atom is -0.343 e. The van der Waals surface area contributed by atoms with Gasteiger partial charge in [-0.1, -0.05) is 6.92 Å². The Morgan fingerprint density at radius 3 is 1.81 bits per heavy atom. The molecule has 0 rings (SSSR count). The number of carbonyl (C=O) groups excluding carboxylic acids is 1. The number of amides is 1. The van der Waals surface area contributed by atoms with Crippen LogP contribution in [0.25, 0.3) is 0 Å². The highest BCUT2D eigenvalue weighted by Crippen LogP contribution is 2.03. The van der Waals surface area contributed by atoms with Crippen LogP contribution in [0, 0.1) is 0 Å². The lowest BCUT2D eigenvalue weighted by Crippen LogP contribution is -2.39. The molecule has 1 amide bonds. The quantitative estimate of drug-likeness (QED) is 0.586. The number of hydrogen-bond acceptors (Lipinski definition) is 4. The van der Waals surface area contributed by atoms with Crippen molar-refractivity contribution in [1.82, 2.24) is 20.0 Å². The van der Waals surface area contributed by atoms with E-state index in [1.165, 1.54) is 0 Å². The highest BCUT2D eigenvalue weighted by molar-refractivity contribution is 5.76. The van der Waals surface area contributed by atoms with Gasteiger partial charge < -0.3 is 20.0 Å². The van der Waals surface area contributed by atoms with Crippen LogP contribution < -0.4 is 5.32 Å². The minimum absolute atomic E-state index is 0.257. The van der Waals surface area contributed by atoms with Gasteiger partial charge in [0, 0.05) is 25.6 Å². The Labute approximate surface area is 131 Å². The SMILES string of the molecule is CCNC(C)CC(=O)N(CCCN(C)C)CCCN(C)C. The van der Waals surface area contributed by atoms with E-state index in [0.29, 0.717) is 6.42 Å². The lowest BCUT2D eigenvalue weighted by atomic mass is 10.2. The largest absolute Gasteiger partial charge is 0.343 e. The third-order valence-corrected chi connectivity index (χ3v) is 3.45. The zero-order valence-corrected chi connectivity index (χ0v) is 15.0. The summed E-state index contributed by atoms with van der Waals surface area (Å²) in [6.07, 6.45) is 2.67. The van der Waals surface area contributed by atoms with Crippen molar-refractivity contribution in [3.05, 3.63) is 0 Å². The summed E-state index contributed by atoms with van der Waals surface area (Å²) in [5.41, 5.74) is 0. The Hall–Kier alpha value is -0.650. The van der Waals surface area contributed by atoms with Crippen LogP contribution in [-0.4, -0.2) is 87.6 Å². The lowest BCUT2D eigenvalue weighted by Gasteiger charge is -2.26. The van der Waals surface area contributed by atoms with Crippen LogP contribution in [0.15, 0.2) is 0 Å². The molecule has 0 aliphatic rings. The van der Waals surface area contributed by atoms with Crippen molar-refractivity contribution >= 4 is 5.91 Å². The molecule has 1 N–H and O–H groups in total. The van der Waals surface area contributed by atoms with Crippen molar-refractivity contribution in [1.29, 1.82) is 0 Å². The van der Waals surface area contributed by atoms with Gasteiger partial charge in [-0.05, 0) is 67.6 Å². The standard InChI is InChI=1S/C16H36N4O/c1-7-17-15(2)14-16(21)20(12-8-10-18(3)4)13-9-11-19(5)6/h15,17H,7-14H2,1-6H3. The van der Waals surface area contributed by atoms with Crippen LogP contribution in [0.2, 0.25) is 0 Å². The van der Waals surface area contributed by atoms with E-state index >= 15 is 0 Å². The van der Waals surface area contributed by atoms with Crippen molar-refractivity contribution in [3.63, 3.8) is 0 Å². The summed E-state index contributed by atoms with van der Waals surface area (Å²) in [4.78, 5) is 18.8. The molecule has 0 spiro atoms. The van der Waals surface area contributed by atoms with Crippen LogP contribution in [0.5, 0.6) is 0 Å². The first kappa shape index (κ1) is 20.3. The number of nitrogens with zero attached hydrogens (tertiary/aromatic N) is 3. The van der Waals surface area contributed by atoms with Gasteiger partial charge in [0.05, 0.1) is 0 Å². The van der Waals surface area contributed by atoms with E-state index in [4.69, 9.17) is 0 Å². The van der Waals surface area contributed by atoms with E-state index in [2.05, 4.69) is 57.2 Å². The maximum absolute atomic E-state index is 12.4. The monoisotopic (exact) mass is 300 g/mol. The fourth-order valence-corrected chi connectivity index (χ4v) is 2.33. The first-order valence-electron chi connectivity index (χ1n) is 8.17. The van der Waals surface area contributed by atoms with Crippen LogP contribution in [0.4, 0.5) is 0 Å². The zero-order valence-electron chi connectivity index (χ0n) is 15.0. The van der Waals surface area contributed by atoms with Gasteiger partial charge >= 0.3 is 0 Å². The lowest BCUT2D eigenvalue weighted by molar-refractivity contribution is -0.131. The third kappa shape index (κ3) is 11.7. The predicted molar refractivity (Wildman–Crippen MR) is 90.7 cm³/mol. The van der Waals surface area contributed by atoms with E-state index in [1.807, 2.05) is 4.90 Å². The topological polar surface area (TPSA) is 38.8 Å². The molecule has 1 unspecified atom stereocenters. The van der Waals surface area contributed by atoms with Crippen molar-refractivity contribution in [3.8, 4) is 0 Å². The number of carbonyl (C=O) groups is 1. The van der Waals surface area contributed by atoms with Crippen molar-refractivity contribution in [2.75, 3.05) is 60.9 Å². The first-order chi connectivity index (χ1) is 9.86. The van der Waals surface area contributed by atoms with E-state index in [1.54, 1.807) is 0 Å². The normalized spacial score (nSPS) is 13.0. The molecular formula is C16H36N4O. The fraction of sp³-hybridized carbons (Fsp3) is 0.938. The van der Waals surface area contributed by atoms with Gasteiger partial charge in [0.25, 0.3) is 0 Å². The number of hydrogen-bond donors (Lipinski definition) is 1. The molecule has 5 nitrogen and oxygen atoms in total. The molecule has 21 heavy (non-hydrogen) atoms. The second-order valence-corrected chi connectivity index (χ2v) is 6.36. The maximum Gasteiger partial charge on any atom is 0.224 e. The molecule has 0 bridgehead atoms. The first-order valence-corrected chi connectivity index (χ1v) is 8.17. The molecule has 5 heteroatoms. The summed E-state index contributed by atoms with van der Waals surface area (Å²) in [6.45, 7) is 8.86. The second-order valence-electron chi connectivity index (χ2n) is 6.36. The molecule has 0 aliphatic carbocycles. The molecule has 0 fully saturated rings. The molecule has 1 atom stereocenters. The van der Waals surface area contributed by atoms with Gasteiger partial charge in [0.2, 0.25) is 5.91 Å². The maximum atomic E-state index is 12.4. The summed E-state index contributed by atoms with van der Waals surface area (Å²) in [6, 6.07) is 0.257. The number of rotatable bonds is 12. The molecule has 0 saturated carbocycles. The van der Waals surface area contributed by atoms with Crippen molar-refractivity contribution in [2.45, 2.75) is 39.2 Å². The molecular weight excluding hydrogens is 264 g/mol. The smallest absolute Gasteiger partial charge is 0.224 e. The number of nitrogens with one attached hydrogen (secondary N) is 1. The van der Waals surface area contributed by atoms with E-state index in [0.717, 1.165) is 45.6 Å². The predicted octanol–water partition coefficient (Wildman–Crippen LogP) is 1.11. The van der Waals surface area contributed by atoms with Gasteiger partial charge in [0.1, 0.15) is 0 Å². The fourth-order valence-electron chi connectivity index (χ4n) is 2.33. The second kappa shape index (κ2) is 12.0. The van der Waals surface area contributed by atoms with Crippen LogP contribution in [0.3, 0.4) is 0 Å². The summed E-state index contributed by atoms with van der Waals surface area (Å²) in [7, 11) is 8.30. The van der Waals surface area contributed by atoms with Crippen LogP contribution in [0.1, 0.15) is 33.1 Å². The molecule has 0 radical (unpaired) electrons. The van der Waals surface area contributed by atoms with E-state index in [9.17, 15) is 4.79 Å². The van der Waals surface area contributed by atoms with Gasteiger partial charge in [-0.25, -0.2) is 0 Å². The molecule has 0 aliphatic heterocycles.